The number of nitrogens with one attached hydrogen (secondary N) is 1. The SMILES string of the molecule is COc1cc(NCC(C)(O)CSC)cc([N+](=O)[O-])c1. The molecule has 0 aliphatic heterocycles. The monoisotopic (exact) mass is 286 g/mol. The van der Waals surface area contributed by atoms with Crippen molar-refractivity contribution in [3.63, 3.8) is 0 Å². The van der Waals surface area contributed by atoms with Crippen molar-refractivity contribution in [3.05, 3.63) is 28.3 Å². The van der Waals surface area contributed by atoms with Crippen molar-refractivity contribution in [2.45, 2.75) is 12.5 Å². The van der Waals surface area contributed by atoms with Crippen molar-refractivity contribution < 1.29 is 14.8 Å². The molecule has 0 aliphatic carbocycles. The maximum absolute atomic E-state index is 10.8. The van der Waals surface area contributed by atoms with E-state index in [-0.39, 0.29) is 5.69 Å². The van der Waals surface area contributed by atoms with E-state index in [9.17, 15) is 15.2 Å². The Bertz CT molecular complexity index is 451. The Kier molecular flexibility index (Phi) is 5.44. The van der Waals surface area contributed by atoms with Gasteiger partial charge in [0.05, 0.1) is 23.7 Å². The van der Waals surface area contributed by atoms with E-state index >= 15 is 0 Å². The molecule has 1 aromatic carbocycles. The number of non-ortho nitro benzene ring substituents is 1. The van der Waals surface area contributed by atoms with E-state index in [1.54, 1.807) is 13.0 Å². The third kappa shape index (κ3) is 4.96. The maximum atomic E-state index is 10.8. The third-order valence-electron chi connectivity index (χ3n) is 2.47. The minimum atomic E-state index is -0.878. The second-order valence-electron chi connectivity index (χ2n) is 4.46. The summed E-state index contributed by atoms with van der Waals surface area (Å²) in [6.45, 7) is 2.02. The number of nitro benzene ring substituents is 1. The molecule has 0 heterocycles. The molecular weight excluding hydrogens is 268 g/mol. The fourth-order valence-electron chi connectivity index (χ4n) is 1.56. The lowest BCUT2D eigenvalue weighted by Gasteiger charge is -2.23. The fraction of sp³-hybridized carbons (Fsp3) is 0.500. The van der Waals surface area contributed by atoms with Crippen molar-refractivity contribution in [3.8, 4) is 5.75 Å². The second-order valence-corrected chi connectivity index (χ2v) is 5.33. The Labute approximate surface area is 116 Å². The number of thioether (sulfide) groups is 1. The largest absolute Gasteiger partial charge is 0.496 e. The van der Waals surface area contributed by atoms with Crippen LogP contribution in [0.25, 0.3) is 0 Å². The molecule has 1 rings (SSSR count). The van der Waals surface area contributed by atoms with Gasteiger partial charge in [0.2, 0.25) is 0 Å². The van der Waals surface area contributed by atoms with Gasteiger partial charge < -0.3 is 15.2 Å². The summed E-state index contributed by atoms with van der Waals surface area (Å²) in [5.41, 5.74) is -0.379. The van der Waals surface area contributed by atoms with E-state index in [2.05, 4.69) is 5.32 Å². The summed E-state index contributed by atoms with van der Waals surface area (Å²) < 4.78 is 5.01. The van der Waals surface area contributed by atoms with Crippen LogP contribution in [-0.2, 0) is 0 Å². The molecule has 0 saturated heterocycles. The van der Waals surface area contributed by atoms with Gasteiger partial charge in [0.15, 0.2) is 0 Å². The lowest BCUT2D eigenvalue weighted by molar-refractivity contribution is -0.384. The van der Waals surface area contributed by atoms with Crippen LogP contribution in [0, 0.1) is 10.1 Å². The molecular formula is C12H18N2O4S. The first kappa shape index (κ1) is 15.6. The summed E-state index contributed by atoms with van der Waals surface area (Å²) in [5.74, 6) is 0.979. The van der Waals surface area contributed by atoms with Crippen LogP contribution in [0.4, 0.5) is 11.4 Å². The molecule has 0 radical (unpaired) electrons. The number of nitro groups is 1. The van der Waals surface area contributed by atoms with Crippen LogP contribution in [0.2, 0.25) is 0 Å². The number of methoxy groups -OCH3 is 1. The molecule has 0 spiro atoms. The highest BCUT2D eigenvalue weighted by molar-refractivity contribution is 7.98. The fourth-order valence-corrected chi connectivity index (χ4v) is 2.29. The zero-order valence-corrected chi connectivity index (χ0v) is 12.0. The Morgan fingerprint density at radius 2 is 2.21 bits per heavy atom. The molecule has 19 heavy (non-hydrogen) atoms. The molecule has 0 fully saturated rings. The predicted octanol–water partition coefficient (Wildman–Crippen LogP) is 2.13. The number of hydrogen-bond acceptors (Lipinski definition) is 6. The first-order valence-corrected chi connectivity index (χ1v) is 7.06. The van der Waals surface area contributed by atoms with E-state index in [4.69, 9.17) is 4.74 Å². The molecule has 6 nitrogen and oxygen atoms in total. The van der Waals surface area contributed by atoms with Crippen LogP contribution in [-0.4, -0.2) is 41.3 Å². The van der Waals surface area contributed by atoms with Gasteiger partial charge in [-0.2, -0.15) is 11.8 Å². The molecule has 7 heteroatoms. The van der Waals surface area contributed by atoms with Crippen molar-refractivity contribution >= 4 is 23.1 Å². The second kappa shape index (κ2) is 6.63. The first-order chi connectivity index (χ1) is 8.88. The summed E-state index contributed by atoms with van der Waals surface area (Å²) in [5, 5.41) is 23.8. The van der Waals surface area contributed by atoms with Gasteiger partial charge in [-0.25, -0.2) is 0 Å². The van der Waals surface area contributed by atoms with Crippen molar-refractivity contribution in [2.75, 3.05) is 31.0 Å². The van der Waals surface area contributed by atoms with E-state index in [0.29, 0.717) is 23.7 Å². The average molecular weight is 286 g/mol. The number of anilines is 1. The molecule has 0 aromatic heterocycles. The Hall–Kier alpha value is -1.47. The topological polar surface area (TPSA) is 84.6 Å². The number of aliphatic hydroxyl groups is 1. The normalized spacial score (nSPS) is 13.7. The van der Waals surface area contributed by atoms with Gasteiger partial charge in [0.1, 0.15) is 5.75 Å². The molecule has 1 aromatic rings. The van der Waals surface area contributed by atoms with Crippen molar-refractivity contribution in [1.82, 2.24) is 0 Å². The highest BCUT2D eigenvalue weighted by Gasteiger charge is 2.20. The molecule has 0 aliphatic rings. The molecule has 0 amide bonds. The van der Waals surface area contributed by atoms with Crippen LogP contribution >= 0.6 is 11.8 Å². The summed E-state index contributed by atoms with van der Waals surface area (Å²) in [4.78, 5) is 10.3. The van der Waals surface area contributed by atoms with E-state index in [1.807, 2.05) is 6.26 Å². The third-order valence-corrected chi connectivity index (χ3v) is 3.38. The van der Waals surface area contributed by atoms with Gasteiger partial charge in [0, 0.05) is 30.1 Å². The Morgan fingerprint density at radius 1 is 1.53 bits per heavy atom. The summed E-state index contributed by atoms with van der Waals surface area (Å²) in [6.07, 6.45) is 1.91. The average Bonchev–Trinajstić information content (AvgIpc) is 2.36. The van der Waals surface area contributed by atoms with Crippen LogP contribution in [0.5, 0.6) is 5.75 Å². The molecule has 0 saturated carbocycles. The predicted molar refractivity (Wildman–Crippen MR) is 77.1 cm³/mol. The van der Waals surface area contributed by atoms with Crippen LogP contribution in [0.3, 0.4) is 0 Å². The number of hydrogen-bond donors (Lipinski definition) is 2. The van der Waals surface area contributed by atoms with Crippen LogP contribution in [0.1, 0.15) is 6.92 Å². The van der Waals surface area contributed by atoms with E-state index in [0.717, 1.165) is 0 Å². The van der Waals surface area contributed by atoms with Gasteiger partial charge in [-0.15, -0.1) is 0 Å². The number of rotatable bonds is 7. The minimum Gasteiger partial charge on any atom is -0.496 e. The zero-order valence-electron chi connectivity index (χ0n) is 11.2. The maximum Gasteiger partial charge on any atom is 0.275 e. The van der Waals surface area contributed by atoms with Crippen LogP contribution in [0.15, 0.2) is 18.2 Å². The lowest BCUT2D eigenvalue weighted by Crippen LogP contribution is -2.36. The molecule has 1 unspecified atom stereocenters. The molecule has 1 atom stereocenters. The standard InChI is InChI=1S/C12H18N2O4S/c1-12(15,8-19-3)7-13-9-4-10(14(16)17)6-11(5-9)18-2/h4-6,13,15H,7-8H2,1-3H3. The lowest BCUT2D eigenvalue weighted by atomic mass is 10.1. The van der Waals surface area contributed by atoms with Gasteiger partial charge in [0.25, 0.3) is 5.69 Å². The van der Waals surface area contributed by atoms with Gasteiger partial charge in [-0.05, 0) is 13.2 Å². The Balaban J connectivity index is 2.83. The molecule has 2 N–H and O–H groups in total. The number of ether oxygens (including phenoxy) is 1. The number of benzene rings is 1. The summed E-state index contributed by atoms with van der Waals surface area (Å²) in [6, 6.07) is 4.42. The van der Waals surface area contributed by atoms with Gasteiger partial charge in [-0.3, -0.25) is 10.1 Å². The molecule has 0 bridgehead atoms. The highest BCUT2D eigenvalue weighted by Crippen LogP contribution is 2.26. The van der Waals surface area contributed by atoms with Gasteiger partial charge >= 0.3 is 0 Å². The zero-order chi connectivity index (χ0) is 14.5. The molecule has 106 valence electrons. The van der Waals surface area contributed by atoms with Gasteiger partial charge in [-0.1, -0.05) is 0 Å². The smallest absolute Gasteiger partial charge is 0.275 e. The van der Waals surface area contributed by atoms with Crippen molar-refractivity contribution in [2.24, 2.45) is 0 Å². The minimum absolute atomic E-state index is 0.0497. The quantitative estimate of drug-likeness (QED) is 0.590. The van der Waals surface area contributed by atoms with Crippen molar-refractivity contribution in [1.29, 1.82) is 0 Å². The first-order valence-electron chi connectivity index (χ1n) is 5.66. The summed E-state index contributed by atoms with van der Waals surface area (Å²) >= 11 is 1.54. The van der Waals surface area contributed by atoms with Crippen LogP contribution < -0.4 is 10.1 Å². The van der Waals surface area contributed by atoms with E-state index in [1.165, 1.54) is 31.0 Å². The highest BCUT2D eigenvalue weighted by atomic mass is 32.2. The Morgan fingerprint density at radius 3 is 2.74 bits per heavy atom. The summed E-state index contributed by atoms with van der Waals surface area (Å²) in [7, 11) is 1.45. The number of nitrogens with zero attached hydrogens (tertiary/aromatic N) is 1. The van der Waals surface area contributed by atoms with E-state index < -0.39 is 10.5 Å².